The maximum absolute atomic E-state index is 12.1. The van der Waals surface area contributed by atoms with E-state index < -0.39 is 10.0 Å². The molecule has 0 aliphatic heterocycles. The molecule has 0 aliphatic carbocycles. The van der Waals surface area contributed by atoms with Crippen LogP contribution in [0, 0.1) is 6.92 Å². The van der Waals surface area contributed by atoms with E-state index in [-0.39, 0.29) is 15.6 Å². The summed E-state index contributed by atoms with van der Waals surface area (Å²) in [5.74, 6) is 0.606. The summed E-state index contributed by atoms with van der Waals surface area (Å²) in [6.45, 7) is 1.65. The molecule has 0 radical (unpaired) electrons. The molecule has 8 heteroatoms. The van der Waals surface area contributed by atoms with Gasteiger partial charge in [0.05, 0.1) is 7.11 Å². The average molecular weight is 314 g/mol. The van der Waals surface area contributed by atoms with Crippen molar-refractivity contribution in [3.8, 4) is 5.75 Å². The van der Waals surface area contributed by atoms with Crippen LogP contribution in [0.1, 0.15) is 11.3 Å². The Labute approximate surface area is 120 Å². The first-order valence-corrected chi connectivity index (χ1v) is 8.05. The minimum absolute atomic E-state index is 0.0115. The molecule has 2 aromatic rings. The molecular weight excluding hydrogens is 300 g/mol. The van der Waals surface area contributed by atoms with Gasteiger partial charge in [0.15, 0.2) is 4.21 Å². The fourth-order valence-corrected chi connectivity index (χ4v) is 4.08. The smallest absolute Gasteiger partial charge is 0.305 e. The van der Waals surface area contributed by atoms with Crippen LogP contribution in [0.3, 0.4) is 0 Å². The van der Waals surface area contributed by atoms with E-state index in [4.69, 9.17) is 4.74 Å². The third-order valence-electron chi connectivity index (χ3n) is 2.67. The van der Waals surface area contributed by atoms with Crippen LogP contribution < -0.4 is 14.3 Å². The first kappa shape index (κ1) is 14.8. The van der Waals surface area contributed by atoms with Crippen molar-refractivity contribution in [3.63, 3.8) is 0 Å². The number of nitrogens with one attached hydrogen (secondary N) is 2. The summed E-state index contributed by atoms with van der Waals surface area (Å²) in [6, 6.07) is 7.13. The largest absolute Gasteiger partial charge is 0.496 e. The Morgan fingerprint density at radius 1 is 1.35 bits per heavy atom. The van der Waals surface area contributed by atoms with Crippen LogP contribution in [-0.2, 0) is 16.6 Å². The maximum atomic E-state index is 12.1. The molecule has 108 valence electrons. The molecule has 0 unspecified atom stereocenters. The highest BCUT2D eigenvalue weighted by molar-refractivity contribution is 7.91. The molecular formula is C12H14N2O4S2. The fraction of sp³-hybridized carbons (Fsp3) is 0.250. The first-order valence-electron chi connectivity index (χ1n) is 5.75. The molecule has 6 nitrogen and oxygen atoms in total. The number of aromatic amines is 1. The van der Waals surface area contributed by atoms with E-state index in [2.05, 4.69) is 9.71 Å². The normalized spacial score (nSPS) is 11.5. The van der Waals surface area contributed by atoms with Crippen molar-refractivity contribution >= 4 is 21.4 Å². The number of para-hydroxylation sites is 1. The summed E-state index contributed by atoms with van der Waals surface area (Å²) in [5.41, 5.74) is 1.06. The van der Waals surface area contributed by atoms with Gasteiger partial charge in [0, 0.05) is 17.8 Å². The lowest BCUT2D eigenvalue weighted by molar-refractivity contribution is 0.409. The average Bonchev–Trinajstić information content (AvgIpc) is 2.76. The van der Waals surface area contributed by atoms with Crippen molar-refractivity contribution in [1.29, 1.82) is 0 Å². The van der Waals surface area contributed by atoms with E-state index in [9.17, 15) is 13.2 Å². The zero-order chi connectivity index (χ0) is 14.8. The van der Waals surface area contributed by atoms with Crippen LogP contribution in [0.2, 0.25) is 0 Å². The molecule has 0 atom stereocenters. The van der Waals surface area contributed by atoms with Gasteiger partial charge in [-0.15, -0.1) is 0 Å². The summed E-state index contributed by atoms with van der Waals surface area (Å²) in [5, 5.41) is 0. The van der Waals surface area contributed by atoms with E-state index in [1.807, 2.05) is 0 Å². The van der Waals surface area contributed by atoms with Crippen LogP contribution in [0.4, 0.5) is 0 Å². The first-order chi connectivity index (χ1) is 9.44. The second-order valence-corrected chi connectivity index (χ2v) is 7.01. The number of aromatic nitrogens is 1. The molecule has 20 heavy (non-hydrogen) atoms. The van der Waals surface area contributed by atoms with E-state index in [1.54, 1.807) is 31.2 Å². The van der Waals surface area contributed by atoms with Crippen LogP contribution in [0.15, 0.2) is 33.3 Å². The highest BCUT2D eigenvalue weighted by Gasteiger charge is 2.20. The van der Waals surface area contributed by atoms with Gasteiger partial charge >= 0.3 is 4.87 Å². The van der Waals surface area contributed by atoms with E-state index in [0.717, 1.165) is 5.56 Å². The van der Waals surface area contributed by atoms with Gasteiger partial charge in [-0.1, -0.05) is 29.5 Å². The third kappa shape index (κ3) is 3.09. The number of aryl methyl sites for hydroxylation is 1. The second kappa shape index (κ2) is 5.78. The number of hydrogen-bond donors (Lipinski definition) is 2. The van der Waals surface area contributed by atoms with Crippen molar-refractivity contribution in [1.82, 2.24) is 9.71 Å². The van der Waals surface area contributed by atoms with Gasteiger partial charge < -0.3 is 9.72 Å². The van der Waals surface area contributed by atoms with Gasteiger partial charge in [-0.25, -0.2) is 13.1 Å². The highest BCUT2D eigenvalue weighted by Crippen LogP contribution is 2.19. The van der Waals surface area contributed by atoms with Gasteiger partial charge in [-0.2, -0.15) is 0 Å². The summed E-state index contributed by atoms with van der Waals surface area (Å²) in [4.78, 5) is 13.2. The van der Waals surface area contributed by atoms with E-state index in [0.29, 0.717) is 22.8 Å². The minimum atomic E-state index is -3.71. The lowest BCUT2D eigenvalue weighted by atomic mass is 10.2. The Morgan fingerprint density at radius 3 is 2.65 bits per heavy atom. The molecule has 1 aromatic heterocycles. The molecule has 0 saturated heterocycles. The Balaban J connectivity index is 2.22. The number of hydrogen-bond acceptors (Lipinski definition) is 5. The maximum Gasteiger partial charge on any atom is 0.305 e. The van der Waals surface area contributed by atoms with Gasteiger partial charge in [0.2, 0.25) is 0 Å². The Morgan fingerprint density at radius 2 is 2.05 bits per heavy atom. The van der Waals surface area contributed by atoms with Crippen LogP contribution in [0.25, 0.3) is 0 Å². The van der Waals surface area contributed by atoms with Crippen molar-refractivity contribution in [3.05, 3.63) is 45.2 Å². The molecule has 1 heterocycles. The molecule has 2 N–H and O–H groups in total. The van der Waals surface area contributed by atoms with E-state index >= 15 is 0 Å². The Hall–Kier alpha value is -1.64. The fourth-order valence-electron chi connectivity index (χ4n) is 1.73. The van der Waals surface area contributed by atoms with Gasteiger partial charge in [-0.05, 0) is 13.0 Å². The number of rotatable bonds is 5. The summed E-state index contributed by atoms with van der Waals surface area (Å²) in [7, 11) is -2.19. The number of H-pyrrole nitrogens is 1. The molecule has 0 fully saturated rings. The number of benzene rings is 1. The standard InChI is InChI=1S/C12H14N2O4S2/c1-8-11(19-12(15)14-8)20(16,17)13-7-9-5-3-4-6-10(9)18-2/h3-6,13H,7H2,1-2H3,(H,14,15). The molecule has 0 aliphatic rings. The summed E-state index contributed by atoms with van der Waals surface area (Å²) in [6.07, 6.45) is 0. The SMILES string of the molecule is COc1ccccc1CNS(=O)(=O)c1sc(=O)[nH]c1C. The van der Waals surface area contributed by atoms with Crippen LogP contribution in [0.5, 0.6) is 5.75 Å². The highest BCUT2D eigenvalue weighted by atomic mass is 32.2. The Kier molecular flexibility index (Phi) is 4.26. The Bertz CT molecular complexity index is 762. The van der Waals surface area contributed by atoms with Crippen molar-refractivity contribution in [2.75, 3.05) is 7.11 Å². The predicted octanol–water partition coefficient (Wildman–Crippen LogP) is 1.23. The van der Waals surface area contributed by atoms with Crippen LogP contribution in [-0.4, -0.2) is 20.5 Å². The third-order valence-corrected chi connectivity index (χ3v) is 5.68. The van der Waals surface area contributed by atoms with Crippen molar-refractivity contribution in [2.45, 2.75) is 17.7 Å². The van der Waals surface area contributed by atoms with E-state index in [1.165, 1.54) is 7.11 Å². The van der Waals surface area contributed by atoms with Crippen molar-refractivity contribution < 1.29 is 13.2 Å². The number of methoxy groups -OCH3 is 1. The topological polar surface area (TPSA) is 88.3 Å². The lowest BCUT2D eigenvalue weighted by Gasteiger charge is -2.09. The zero-order valence-corrected chi connectivity index (χ0v) is 12.6. The molecule has 0 amide bonds. The monoisotopic (exact) mass is 314 g/mol. The summed E-state index contributed by atoms with van der Waals surface area (Å²) >= 11 is 0.674. The second-order valence-electron chi connectivity index (χ2n) is 4.06. The molecule has 1 aromatic carbocycles. The van der Waals surface area contributed by atoms with Gasteiger partial charge in [0.25, 0.3) is 10.0 Å². The van der Waals surface area contributed by atoms with Gasteiger partial charge in [0.1, 0.15) is 5.75 Å². The molecule has 2 rings (SSSR count). The molecule has 0 spiro atoms. The zero-order valence-electron chi connectivity index (χ0n) is 11.0. The predicted molar refractivity (Wildman–Crippen MR) is 76.7 cm³/mol. The minimum Gasteiger partial charge on any atom is -0.496 e. The lowest BCUT2D eigenvalue weighted by Crippen LogP contribution is -2.23. The van der Waals surface area contributed by atoms with Crippen LogP contribution >= 0.6 is 11.3 Å². The molecule has 0 saturated carbocycles. The number of thiazole rings is 1. The number of sulfonamides is 1. The van der Waals surface area contributed by atoms with Crippen molar-refractivity contribution in [2.24, 2.45) is 0 Å². The molecule has 0 bridgehead atoms. The van der Waals surface area contributed by atoms with Gasteiger partial charge in [-0.3, -0.25) is 4.79 Å². The quantitative estimate of drug-likeness (QED) is 0.869. The summed E-state index contributed by atoms with van der Waals surface area (Å²) < 4.78 is 31.9. The number of ether oxygens (including phenoxy) is 1.